The highest BCUT2D eigenvalue weighted by Gasteiger charge is 2.09. The third-order valence-corrected chi connectivity index (χ3v) is 1.73. The second-order valence-corrected chi connectivity index (χ2v) is 2.75. The molecule has 7 nitrogen and oxygen atoms in total. The van der Waals surface area contributed by atoms with Crippen LogP contribution >= 0.6 is 0 Å². The van der Waals surface area contributed by atoms with Gasteiger partial charge in [-0.3, -0.25) is 14.9 Å². The van der Waals surface area contributed by atoms with Crippen molar-refractivity contribution in [3.63, 3.8) is 0 Å². The standard InChI is InChI=1S/C8H7N5O2/c14-3-5-1-6(9-2-5)7(15)12-8-10-4-11-13-8/h1-4,9H,(H2,10,11,12,13,15). The third kappa shape index (κ3) is 1.90. The molecule has 3 N–H and O–H groups in total. The molecular formula is C8H7N5O2. The second-order valence-electron chi connectivity index (χ2n) is 2.75. The van der Waals surface area contributed by atoms with Gasteiger partial charge in [0, 0.05) is 11.8 Å². The first-order chi connectivity index (χ1) is 7.29. The number of carbonyl (C=O) groups excluding carboxylic acids is 2. The van der Waals surface area contributed by atoms with Crippen LogP contribution in [-0.2, 0) is 0 Å². The Bertz CT molecular complexity index is 473. The molecule has 2 heterocycles. The Labute approximate surface area is 83.9 Å². The number of rotatable bonds is 3. The van der Waals surface area contributed by atoms with Gasteiger partial charge in [-0.05, 0) is 6.07 Å². The van der Waals surface area contributed by atoms with Crippen molar-refractivity contribution >= 4 is 18.1 Å². The number of H-pyrrole nitrogens is 2. The van der Waals surface area contributed by atoms with Gasteiger partial charge in [0.1, 0.15) is 12.0 Å². The van der Waals surface area contributed by atoms with Crippen molar-refractivity contribution in [2.24, 2.45) is 0 Å². The monoisotopic (exact) mass is 205 g/mol. The maximum atomic E-state index is 11.5. The summed E-state index contributed by atoms with van der Waals surface area (Å²) in [6.45, 7) is 0. The smallest absolute Gasteiger partial charge is 0.274 e. The molecule has 7 heteroatoms. The lowest BCUT2D eigenvalue weighted by Gasteiger charge is -1.97. The van der Waals surface area contributed by atoms with Crippen LogP contribution in [0.5, 0.6) is 0 Å². The van der Waals surface area contributed by atoms with Crippen LogP contribution in [-0.4, -0.2) is 32.4 Å². The van der Waals surface area contributed by atoms with E-state index in [1.54, 1.807) is 0 Å². The van der Waals surface area contributed by atoms with Crippen molar-refractivity contribution in [2.45, 2.75) is 0 Å². The highest BCUT2D eigenvalue weighted by atomic mass is 16.2. The van der Waals surface area contributed by atoms with E-state index in [9.17, 15) is 9.59 Å². The molecule has 76 valence electrons. The molecule has 0 unspecified atom stereocenters. The number of aromatic amines is 2. The van der Waals surface area contributed by atoms with Crippen molar-refractivity contribution in [3.8, 4) is 0 Å². The van der Waals surface area contributed by atoms with Crippen molar-refractivity contribution in [3.05, 3.63) is 29.8 Å². The van der Waals surface area contributed by atoms with Gasteiger partial charge in [-0.1, -0.05) is 0 Å². The third-order valence-electron chi connectivity index (χ3n) is 1.73. The minimum Gasteiger partial charge on any atom is -0.356 e. The molecule has 0 bridgehead atoms. The molecule has 0 saturated carbocycles. The summed E-state index contributed by atoms with van der Waals surface area (Å²) in [5, 5.41) is 8.52. The molecule has 0 fully saturated rings. The van der Waals surface area contributed by atoms with Gasteiger partial charge < -0.3 is 4.98 Å². The van der Waals surface area contributed by atoms with Gasteiger partial charge in [0.2, 0.25) is 5.95 Å². The molecule has 2 aromatic heterocycles. The van der Waals surface area contributed by atoms with E-state index in [1.807, 2.05) is 0 Å². The summed E-state index contributed by atoms with van der Waals surface area (Å²) < 4.78 is 0. The molecule has 0 aromatic carbocycles. The fourth-order valence-corrected chi connectivity index (χ4v) is 1.05. The number of aromatic nitrogens is 4. The number of hydrogen-bond donors (Lipinski definition) is 3. The average molecular weight is 205 g/mol. The van der Waals surface area contributed by atoms with E-state index < -0.39 is 0 Å². The Morgan fingerprint density at radius 2 is 2.40 bits per heavy atom. The number of amides is 1. The summed E-state index contributed by atoms with van der Waals surface area (Å²) in [5.74, 6) is -0.137. The molecule has 2 aromatic rings. The molecule has 0 spiro atoms. The maximum Gasteiger partial charge on any atom is 0.274 e. The fourth-order valence-electron chi connectivity index (χ4n) is 1.05. The van der Waals surface area contributed by atoms with Crippen LogP contribution < -0.4 is 5.32 Å². The Morgan fingerprint density at radius 1 is 1.53 bits per heavy atom. The van der Waals surface area contributed by atoms with E-state index in [1.165, 1.54) is 18.6 Å². The molecule has 0 aliphatic carbocycles. The van der Waals surface area contributed by atoms with Crippen LogP contribution in [0.2, 0.25) is 0 Å². The zero-order chi connectivity index (χ0) is 10.7. The summed E-state index contributed by atoms with van der Waals surface area (Å²) in [5.41, 5.74) is 0.700. The van der Waals surface area contributed by atoms with Crippen molar-refractivity contribution in [2.75, 3.05) is 5.32 Å². The largest absolute Gasteiger partial charge is 0.356 e. The van der Waals surface area contributed by atoms with Crippen molar-refractivity contribution in [1.82, 2.24) is 20.2 Å². The molecule has 0 radical (unpaired) electrons. The van der Waals surface area contributed by atoms with Crippen LogP contribution in [0.25, 0.3) is 0 Å². The van der Waals surface area contributed by atoms with E-state index in [0.29, 0.717) is 11.8 Å². The maximum absolute atomic E-state index is 11.5. The predicted molar refractivity (Wildman–Crippen MR) is 50.5 cm³/mol. The van der Waals surface area contributed by atoms with E-state index in [2.05, 4.69) is 25.5 Å². The molecule has 1 amide bonds. The number of anilines is 1. The normalized spacial score (nSPS) is 9.87. The summed E-state index contributed by atoms with van der Waals surface area (Å²) in [6, 6.07) is 1.44. The number of nitrogens with one attached hydrogen (secondary N) is 3. The Kier molecular flexibility index (Phi) is 2.28. The van der Waals surface area contributed by atoms with Gasteiger partial charge in [0.15, 0.2) is 6.29 Å². The SMILES string of the molecule is O=Cc1c[nH]c(C(=O)Nc2ncn[nH]2)c1. The van der Waals surface area contributed by atoms with Crippen molar-refractivity contribution < 1.29 is 9.59 Å². The first-order valence-electron chi connectivity index (χ1n) is 4.10. The lowest BCUT2D eigenvalue weighted by atomic mass is 10.3. The van der Waals surface area contributed by atoms with Crippen LogP contribution in [0.4, 0.5) is 5.95 Å². The zero-order valence-corrected chi connectivity index (χ0v) is 7.52. The molecule has 0 saturated heterocycles. The zero-order valence-electron chi connectivity index (χ0n) is 7.52. The number of nitrogens with zero attached hydrogens (tertiary/aromatic N) is 2. The summed E-state index contributed by atoms with van der Waals surface area (Å²) in [4.78, 5) is 28.3. The van der Waals surface area contributed by atoms with Gasteiger partial charge in [-0.15, -0.1) is 0 Å². The minimum atomic E-state index is -0.389. The van der Waals surface area contributed by atoms with Gasteiger partial charge in [-0.25, -0.2) is 5.10 Å². The molecule has 0 atom stereocenters. The lowest BCUT2D eigenvalue weighted by Crippen LogP contribution is -2.13. The van der Waals surface area contributed by atoms with Crippen LogP contribution in [0.15, 0.2) is 18.6 Å². The molecule has 2 rings (SSSR count). The van der Waals surface area contributed by atoms with Crippen LogP contribution in [0, 0.1) is 0 Å². The van der Waals surface area contributed by atoms with E-state index >= 15 is 0 Å². The van der Waals surface area contributed by atoms with E-state index in [0.717, 1.165) is 0 Å². The molecule has 0 aliphatic heterocycles. The first kappa shape index (κ1) is 9.13. The average Bonchev–Trinajstić information content (AvgIpc) is 2.86. The van der Waals surface area contributed by atoms with Gasteiger partial charge in [0.25, 0.3) is 5.91 Å². The van der Waals surface area contributed by atoms with E-state index in [4.69, 9.17) is 0 Å². The molecule has 15 heavy (non-hydrogen) atoms. The fraction of sp³-hybridized carbons (Fsp3) is 0. The Balaban J connectivity index is 2.11. The highest BCUT2D eigenvalue weighted by molar-refractivity contribution is 6.02. The topological polar surface area (TPSA) is 104 Å². The first-order valence-corrected chi connectivity index (χ1v) is 4.10. The van der Waals surface area contributed by atoms with Crippen LogP contribution in [0.1, 0.15) is 20.8 Å². The lowest BCUT2D eigenvalue weighted by molar-refractivity contribution is 0.102. The van der Waals surface area contributed by atoms with Gasteiger partial charge >= 0.3 is 0 Å². The minimum absolute atomic E-state index is 0.252. The number of hydrogen-bond acceptors (Lipinski definition) is 4. The second kappa shape index (κ2) is 3.74. The summed E-state index contributed by atoms with van der Waals surface area (Å²) in [7, 11) is 0. The number of carbonyl (C=O) groups is 2. The van der Waals surface area contributed by atoms with Crippen LogP contribution in [0.3, 0.4) is 0 Å². The summed E-state index contributed by atoms with van der Waals surface area (Å²) >= 11 is 0. The van der Waals surface area contributed by atoms with Gasteiger partial charge in [0.05, 0.1) is 0 Å². The Hall–Kier alpha value is -2.44. The molecule has 0 aliphatic rings. The number of aldehydes is 1. The van der Waals surface area contributed by atoms with Gasteiger partial charge in [-0.2, -0.15) is 10.1 Å². The highest BCUT2D eigenvalue weighted by Crippen LogP contribution is 2.03. The quantitative estimate of drug-likeness (QED) is 0.622. The van der Waals surface area contributed by atoms with Crippen molar-refractivity contribution in [1.29, 1.82) is 0 Å². The summed E-state index contributed by atoms with van der Waals surface area (Å²) in [6.07, 6.45) is 3.38. The molecular weight excluding hydrogens is 198 g/mol. The predicted octanol–water partition coefficient (Wildman–Crippen LogP) is 0.198. The Morgan fingerprint density at radius 3 is 3.00 bits per heavy atom. The van der Waals surface area contributed by atoms with E-state index in [-0.39, 0.29) is 17.5 Å².